The Morgan fingerprint density at radius 2 is 1.96 bits per heavy atom. The predicted octanol–water partition coefficient (Wildman–Crippen LogP) is 4.73. The number of para-hydroxylation sites is 1. The van der Waals surface area contributed by atoms with Crippen molar-refractivity contribution in [2.75, 3.05) is 45.1 Å². The van der Waals surface area contributed by atoms with Crippen LogP contribution in [0.5, 0.6) is 11.5 Å². The van der Waals surface area contributed by atoms with Gasteiger partial charge in [-0.1, -0.05) is 18.2 Å². The number of rotatable bonds is 7. The summed E-state index contributed by atoms with van der Waals surface area (Å²) in [6.45, 7) is 8.20. The van der Waals surface area contributed by atoms with E-state index in [1.54, 1.807) is 39.9 Å². The lowest BCUT2D eigenvalue weighted by molar-refractivity contribution is -0.204. The van der Waals surface area contributed by atoms with E-state index in [1.165, 1.54) is 12.4 Å². The molecule has 3 aliphatic rings. The van der Waals surface area contributed by atoms with Crippen LogP contribution in [0.3, 0.4) is 0 Å². The number of amides is 1. The third-order valence-electron chi connectivity index (χ3n) is 9.25. The molecule has 5 heterocycles. The third kappa shape index (κ3) is 5.35. The highest BCUT2D eigenvalue weighted by Gasteiger charge is 2.52. The number of halogens is 1. The molecule has 11 nitrogen and oxygen atoms in total. The number of hydrogen-bond donors (Lipinski definition) is 1. The number of nitriles is 1. The Bertz CT molecular complexity index is 1870. The molecule has 0 bridgehead atoms. The van der Waals surface area contributed by atoms with Gasteiger partial charge in [0.05, 0.1) is 24.6 Å². The molecule has 0 aliphatic carbocycles. The summed E-state index contributed by atoms with van der Waals surface area (Å²) in [5.74, 6) is 0.268. The fourth-order valence-electron chi connectivity index (χ4n) is 6.65. The van der Waals surface area contributed by atoms with Gasteiger partial charge >= 0.3 is 0 Å². The van der Waals surface area contributed by atoms with E-state index in [-0.39, 0.29) is 34.3 Å². The molecule has 3 saturated heterocycles. The summed E-state index contributed by atoms with van der Waals surface area (Å²) in [7, 11) is 0. The second-order valence-corrected chi connectivity index (χ2v) is 13.0. The van der Waals surface area contributed by atoms with Crippen LogP contribution < -0.4 is 10.5 Å². The molecular weight excluding hydrogens is 587 g/mol. The van der Waals surface area contributed by atoms with Gasteiger partial charge in [-0.15, -0.1) is 0 Å². The number of nitrogens with zero attached hydrogens (tertiary/aromatic N) is 7. The minimum atomic E-state index is -0.534. The summed E-state index contributed by atoms with van der Waals surface area (Å²) in [5, 5.41) is 15.3. The van der Waals surface area contributed by atoms with Crippen LogP contribution in [0.15, 0.2) is 66.5 Å². The molecule has 7 rings (SSSR count). The highest BCUT2D eigenvalue weighted by molar-refractivity contribution is 5.99. The van der Waals surface area contributed by atoms with E-state index in [9.17, 15) is 10.1 Å². The van der Waals surface area contributed by atoms with E-state index < -0.39 is 11.4 Å². The SMILES string of the molecule is CC(C)(/C=C(/C#N)C(=O)N1CCCC(n2nc(-c3ccc(Oc4ccccc4)cc3F)c3c(N)ncnc32)C1)N1CC2(COC2)C1. The molecule has 0 saturated carbocycles. The Morgan fingerprint density at radius 3 is 2.65 bits per heavy atom. The highest BCUT2D eigenvalue weighted by atomic mass is 19.1. The van der Waals surface area contributed by atoms with E-state index in [0.717, 1.165) is 26.3 Å². The largest absolute Gasteiger partial charge is 0.457 e. The molecule has 2 aromatic carbocycles. The molecule has 1 amide bonds. The number of nitrogen functional groups attached to an aromatic ring is 1. The van der Waals surface area contributed by atoms with E-state index in [2.05, 4.69) is 20.9 Å². The maximum atomic E-state index is 15.6. The summed E-state index contributed by atoms with van der Waals surface area (Å²) >= 11 is 0. The number of benzene rings is 2. The number of anilines is 1. The molecule has 12 heteroatoms. The first-order valence-electron chi connectivity index (χ1n) is 15.4. The quantitative estimate of drug-likeness (QED) is 0.229. The zero-order chi connectivity index (χ0) is 32.1. The van der Waals surface area contributed by atoms with Crippen molar-refractivity contribution < 1.29 is 18.7 Å². The molecule has 3 fully saturated rings. The maximum absolute atomic E-state index is 15.6. The summed E-state index contributed by atoms with van der Waals surface area (Å²) in [6.07, 6.45) is 4.55. The van der Waals surface area contributed by atoms with Crippen molar-refractivity contribution in [1.82, 2.24) is 29.5 Å². The van der Waals surface area contributed by atoms with Crippen molar-refractivity contribution in [3.05, 3.63) is 72.3 Å². The van der Waals surface area contributed by atoms with E-state index in [0.29, 0.717) is 54.2 Å². The Kier molecular flexibility index (Phi) is 7.45. The number of carbonyl (C=O) groups is 1. The van der Waals surface area contributed by atoms with Crippen LogP contribution in [0.2, 0.25) is 0 Å². The van der Waals surface area contributed by atoms with E-state index in [1.807, 2.05) is 32.0 Å². The van der Waals surface area contributed by atoms with Gasteiger partial charge in [-0.2, -0.15) is 10.4 Å². The first-order valence-corrected chi connectivity index (χ1v) is 15.4. The topological polar surface area (TPSA) is 135 Å². The molecular formula is C34H35FN8O3. The Hall–Kier alpha value is -4.86. The lowest BCUT2D eigenvalue weighted by atomic mass is 9.75. The molecule has 46 heavy (non-hydrogen) atoms. The summed E-state index contributed by atoms with van der Waals surface area (Å²) in [4.78, 5) is 26.3. The van der Waals surface area contributed by atoms with Crippen LogP contribution in [0, 0.1) is 22.6 Å². The van der Waals surface area contributed by atoms with Crippen molar-refractivity contribution >= 4 is 22.8 Å². The molecule has 1 atom stereocenters. The van der Waals surface area contributed by atoms with Gasteiger partial charge in [-0.05, 0) is 57.0 Å². The van der Waals surface area contributed by atoms with Gasteiger partial charge in [0.2, 0.25) is 0 Å². The fourth-order valence-corrected chi connectivity index (χ4v) is 6.65. The van der Waals surface area contributed by atoms with Crippen molar-refractivity contribution in [3.63, 3.8) is 0 Å². The van der Waals surface area contributed by atoms with Gasteiger partial charge in [0.1, 0.15) is 46.8 Å². The average Bonchev–Trinajstić information content (AvgIpc) is 3.39. The van der Waals surface area contributed by atoms with Gasteiger partial charge < -0.3 is 20.1 Å². The summed E-state index contributed by atoms with van der Waals surface area (Å²) in [6, 6.07) is 15.6. The van der Waals surface area contributed by atoms with Crippen LogP contribution >= 0.6 is 0 Å². The van der Waals surface area contributed by atoms with Gasteiger partial charge in [-0.3, -0.25) is 9.69 Å². The number of aromatic nitrogens is 4. The van der Waals surface area contributed by atoms with E-state index in [4.69, 9.17) is 20.3 Å². The minimum absolute atomic E-state index is 0.119. The number of nitrogens with two attached hydrogens (primary N) is 1. The lowest BCUT2D eigenvalue weighted by Gasteiger charge is -2.59. The fraction of sp³-hybridized carbons (Fsp3) is 0.382. The number of hydrogen-bond acceptors (Lipinski definition) is 9. The predicted molar refractivity (Wildman–Crippen MR) is 169 cm³/mol. The first kappa shape index (κ1) is 29.8. The van der Waals surface area contributed by atoms with Crippen LogP contribution in [-0.2, 0) is 9.53 Å². The van der Waals surface area contributed by atoms with Gasteiger partial charge in [0.15, 0.2) is 5.65 Å². The van der Waals surface area contributed by atoms with Crippen molar-refractivity contribution in [1.29, 1.82) is 5.26 Å². The van der Waals surface area contributed by atoms with Crippen LogP contribution in [-0.4, -0.2) is 80.4 Å². The van der Waals surface area contributed by atoms with Gasteiger partial charge in [0.25, 0.3) is 5.91 Å². The molecule has 3 aliphatic heterocycles. The summed E-state index contributed by atoms with van der Waals surface area (Å²) in [5.41, 5.74) is 7.19. The molecule has 1 unspecified atom stereocenters. The Labute approximate surface area is 266 Å². The first-order chi connectivity index (χ1) is 22.2. The number of fused-ring (bicyclic) bond motifs is 1. The number of likely N-dealkylation sites (tertiary alicyclic amines) is 2. The van der Waals surface area contributed by atoms with Crippen LogP contribution in [0.4, 0.5) is 10.2 Å². The third-order valence-corrected chi connectivity index (χ3v) is 9.25. The molecule has 4 aromatic rings. The Morgan fingerprint density at radius 1 is 1.17 bits per heavy atom. The standard InChI is InChI=1S/C34H35FN8O3/c1-33(2,42-17-34(18-42)19-45-20-34)14-22(15-36)32(44)41-12-6-7-23(16-41)43-31-28(30(37)38-21-39-31)29(40-43)26-11-10-25(13-27(26)35)46-24-8-4-3-5-9-24/h3-5,8-11,13-14,21,23H,6-7,12,16-20H2,1-2H3,(H2,37,38,39)/b22-14-. The normalized spacial score (nSPS) is 19.8. The van der Waals surface area contributed by atoms with Crippen LogP contribution in [0.25, 0.3) is 22.3 Å². The maximum Gasteiger partial charge on any atom is 0.264 e. The molecule has 2 aromatic heterocycles. The lowest BCUT2D eigenvalue weighted by Crippen LogP contribution is -2.70. The van der Waals surface area contributed by atoms with E-state index >= 15 is 4.39 Å². The zero-order valence-corrected chi connectivity index (χ0v) is 25.8. The number of piperidine rings is 1. The summed E-state index contributed by atoms with van der Waals surface area (Å²) < 4.78 is 28.5. The molecule has 1 spiro atoms. The highest BCUT2D eigenvalue weighted by Crippen LogP contribution is 2.42. The molecule has 236 valence electrons. The second-order valence-electron chi connectivity index (χ2n) is 13.0. The monoisotopic (exact) mass is 622 g/mol. The zero-order valence-electron chi connectivity index (χ0n) is 25.8. The van der Waals surface area contributed by atoms with Crippen molar-refractivity contribution in [3.8, 4) is 28.8 Å². The van der Waals surface area contributed by atoms with Crippen LogP contribution in [0.1, 0.15) is 32.7 Å². The minimum Gasteiger partial charge on any atom is -0.457 e. The number of ether oxygens (including phenoxy) is 2. The second kappa shape index (κ2) is 11.5. The van der Waals surface area contributed by atoms with Gasteiger partial charge in [0, 0.05) is 48.8 Å². The Balaban J connectivity index is 1.14. The van der Waals surface area contributed by atoms with Gasteiger partial charge in [-0.25, -0.2) is 19.0 Å². The number of carbonyl (C=O) groups excluding carboxylic acids is 1. The molecule has 0 radical (unpaired) electrons. The average molecular weight is 623 g/mol. The van der Waals surface area contributed by atoms with Crippen molar-refractivity contribution in [2.24, 2.45) is 5.41 Å². The van der Waals surface area contributed by atoms with Crippen molar-refractivity contribution in [2.45, 2.75) is 38.3 Å². The molecule has 2 N–H and O–H groups in total. The smallest absolute Gasteiger partial charge is 0.264 e.